The van der Waals surface area contributed by atoms with Crippen LogP contribution in [0.5, 0.6) is 0 Å². The van der Waals surface area contributed by atoms with E-state index in [1.807, 2.05) is 17.1 Å². The molecule has 0 radical (unpaired) electrons. The first-order chi connectivity index (χ1) is 7.70. The van der Waals surface area contributed by atoms with Gasteiger partial charge in [-0.15, -0.1) is 0 Å². The van der Waals surface area contributed by atoms with Crippen LogP contribution in [0.3, 0.4) is 0 Å². The topological polar surface area (TPSA) is 61.7 Å². The Balaban J connectivity index is 2.11. The maximum Gasteiger partial charge on any atom is 0.135 e. The zero-order chi connectivity index (χ0) is 11.5. The molecule has 0 aromatic carbocycles. The predicted molar refractivity (Wildman–Crippen MR) is 71.0 cm³/mol. The molecular formula is C10H14IN5. The molecule has 0 saturated carbocycles. The molecule has 0 atom stereocenters. The van der Waals surface area contributed by atoms with Crippen molar-refractivity contribution in [3.8, 4) is 0 Å². The molecule has 0 aliphatic carbocycles. The number of aryl methyl sites for hydroxylation is 1. The summed E-state index contributed by atoms with van der Waals surface area (Å²) in [5, 5.41) is 8.48. The molecule has 0 spiro atoms. The van der Waals surface area contributed by atoms with Crippen LogP contribution in [-0.2, 0) is 13.1 Å². The van der Waals surface area contributed by atoms with Crippen LogP contribution in [0.1, 0.15) is 18.9 Å². The molecular weight excluding hydrogens is 317 g/mol. The summed E-state index contributed by atoms with van der Waals surface area (Å²) >= 11 is 2.18. The van der Waals surface area contributed by atoms with E-state index in [1.165, 1.54) is 0 Å². The molecule has 5 nitrogen and oxygen atoms in total. The van der Waals surface area contributed by atoms with Gasteiger partial charge in [-0.05, 0) is 29.0 Å². The Labute approximate surface area is 108 Å². The van der Waals surface area contributed by atoms with Crippen LogP contribution in [0, 0.1) is 3.57 Å². The summed E-state index contributed by atoms with van der Waals surface area (Å²) in [6.45, 7) is 3.76. The highest BCUT2D eigenvalue weighted by molar-refractivity contribution is 14.1. The van der Waals surface area contributed by atoms with Gasteiger partial charge < -0.3 is 5.73 Å². The second kappa shape index (κ2) is 4.86. The maximum atomic E-state index is 5.88. The molecule has 0 saturated heterocycles. The molecule has 86 valence electrons. The van der Waals surface area contributed by atoms with E-state index in [4.69, 9.17) is 5.73 Å². The fraction of sp³-hybridized carbons (Fsp3) is 0.400. The zero-order valence-electron chi connectivity index (χ0n) is 9.10. The molecule has 0 unspecified atom stereocenters. The van der Waals surface area contributed by atoms with Gasteiger partial charge in [-0.3, -0.25) is 4.68 Å². The van der Waals surface area contributed by atoms with Crippen LogP contribution in [0.2, 0.25) is 0 Å². The van der Waals surface area contributed by atoms with Crippen LogP contribution in [0.15, 0.2) is 18.6 Å². The number of anilines is 1. The normalized spacial score (nSPS) is 10.9. The monoisotopic (exact) mass is 331 g/mol. The number of hydrogen-bond donors (Lipinski definition) is 1. The van der Waals surface area contributed by atoms with Gasteiger partial charge in [-0.2, -0.15) is 10.2 Å². The Bertz CT molecular complexity index is 473. The van der Waals surface area contributed by atoms with E-state index in [-0.39, 0.29) is 0 Å². The standard InChI is InChI=1S/C10H14IN5/c1-2-3-15-6-8(4-13-15)7-16-10(12)9(11)5-14-16/h4-6H,2-3,7,12H2,1H3. The number of nitrogen functional groups attached to an aromatic ring is 1. The Kier molecular flexibility index (Phi) is 3.47. The van der Waals surface area contributed by atoms with Gasteiger partial charge in [0.25, 0.3) is 0 Å². The highest BCUT2D eigenvalue weighted by Gasteiger charge is 2.06. The average Bonchev–Trinajstić information content (AvgIpc) is 2.82. The molecule has 0 aliphatic heterocycles. The third-order valence-electron chi connectivity index (χ3n) is 2.31. The molecule has 16 heavy (non-hydrogen) atoms. The third-order valence-corrected chi connectivity index (χ3v) is 3.14. The van der Waals surface area contributed by atoms with Gasteiger partial charge in [0.1, 0.15) is 5.82 Å². The van der Waals surface area contributed by atoms with Crippen molar-refractivity contribution in [2.24, 2.45) is 0 Å². The highest BCUT2D eigenvalue weighted by atomic mass is 127. The Hall–Kier alpha value is -1.05. The number of nitrogens with two attached hydrogens (primary N) is 1. The molecule has 2 N–H and O–H groups in total. The van der Waals surface area contributed by atoms with Crippen molar-refractivity contribution in [2.75, 3.05) is 5.73 Å². The highest BCUT2D eigenvalue weighted by Crippen LogP contribution is 2.14. The Morgan fingerprint density at radius 1 is 1.38 bits per heavy atom. The summed E-state index contributed by atoms with van der Waals surface area (Å²) in [4.78, 5) is 0. The summed E-state index contributed by atoms with van der Waals surface area (Å²) in [6, 6.07) is 0. The fourth-order valence-corrected chi connectivity index (χ4v) is 1.91. The number of nitrogens with zero attached hydrogens (tertiary/aromatic N) is 4. The summed E-state index contributed by atoms with van der Waals surface area (Å²) in [5.41, 5.74) is 7.01. The third kappa shape index (κ3) is 2.37. The molecule has 0 aliphatic rings. The van der Waals surface area contributed by atoms with E-state index >= 15 is 0 Å². The Morgan fingerprint density at radius 3 is 2.81 bits per heavy atom. The van der Waals surface area contributed by atoms with Crippen molar-refractivity contribution in [3.63, 3.8) is 0 Å². The van der Waals surface area contributed by atoms with E-state index < -0.39 is 0 Å². The van der Waals surface area contributed by atoms with Crippen molar-refractivity contribution < 1.29 is 0 Å². The summed E-state index contributed by atoms with van der Waals surface area (Å²) in [7, 11) is 0. The van der Waals surface area contributed by atoms with Crippen LogP contribution < -0.4 is 5.73 Å². The SMILES string of the molecule is CCCn1cc(Cn2ncc(I)c2N)cn1. The first-order valence-electron chi connectivity index (χ1n) is 5.19. The lowest BCUT2D eigenvalue weighted by molar-refractivity contribution is 0.601. The van der Waals surface area contributed by atoms with Crippen molar-refractivity contribution in [3.05, 3.63) is 27.7 Å². The maximum absolute atomic E-state index is 5.88. The van der Waals surface area contributed by atoms with Crippen LogP contribution in [0.25, 0.3) is 0 Å². The van der Waals surface area contributed by atoms with E-state index in [9.17, 15) is 0 Å². The minimum atomic E-state index is 0.679. The summed E-state index contributed by atoms with van der Waals surface area (Å²) in [5.74, 6) is 0.712. The van der Waals surface area contributed by atoms with Crippen molar-refractivity contribution >= 4 is 28.4 Å². The van der Waals surface area contributed by atoms with Crippen LogP contribution in [-0.4, -0.2) is 19.6 Å². The summed E-state index contributed by atoms with van der Waals surface area (Å²) < 4.78 is 4.72. The van der Waals surface area contributed by atoms with Crippen LogP contribution in [0.4, 0.5) is 5.82 Å². The van der Waals surface area contributed by atoms with E-state index in [1.54, 1.807) is 10.9 Å². The van der Waals surface area contributed by atoms with Gasteiger partial charge in [0.2, 0.25) is 0 Å². The molecule has 0 bridgehead atoms. The number of aromatic nitrogens is 4. The van der Waals surface area contributed by atoms with E-state index in [2.05, 4.69) is 39.7 Å². The predicted octanol–water partition coefficient (Wildman–Crippen LogP) is 1.72. The largest absolute Gasteiger partial charge is 0.383 e. The van der Waals surface area contributed by atoms with E-state index in [0.29, 0.717) is 12.4 Å². The van der Waals surface area contributed by atoms with Gasteiger partial charge in [-0.1, -0.05) is 6.92 Å². The Morgan fingerprint density at radius 2 is 2.19 bits per heavy atom. The smallest absolute Gasteiger partial charge is 0.135 e. The average molecular weight is 331 g/mol. The lowest BCUT2D eigenvalue weighted by Crippen LogP contribution is -2.05. The number of hydrogen-bond acceptors (Lipinski definition) is 3. The first kappa shape index (κ1) is 11.4. The summed E-state index contributed by atoms with van der Waals surface area (Å²) in [6.07, 6.45) is 6.76. The van der Waals surface area contributed by atoms with Crippen molar-refractivity contribution in [1.82, 2.24) is 19.6 Å². The van der Waals surface area contributed by atoms with Crippen LogP contribution >= 0.6 is 22.6 Å². The van der Waals surface area contributed by atoms with Gasteiger partial charge in [0.05, 0.1) is 22.5 Å². The molecule has 0 amide bonds. The zero-order valence-corrected chi connectivity index (χ0v) is 11.3. The molecule has 0 fully saturated rings. The number of halogens is 1. The lowest BCUT2D eigenvalue weighted by atomic mass is 10.3. The molecule has 2 aromatic rings. The minimum absolute atomic E-state index is 0.679. The quantitative estimate of drug-likeness (QED) is 0.868. The van der Waals surface area contributed by atoms with Gasteiger partial charge >= 0.3 is 0 Å². The molecule has 2 rings (SSSR count). The lowest BCUT2D eigenvalue weighted by Gasteiger charge is -2.01. The molecule has 2 heterocycles. The van der Waals surface area contributed by atoms with Gasteiger partial charge in [-0.25, -0.2) is 4.68 Å². The minimum Gasteiger partial charge on any atom is -0.383 e. The molecule has 2 aromatic heterocycles. The number of rotatable bonds is 4. The molecule has 6 heteroatoms. The van der Waals surface area contributed by atoms with Crippen molar-refractivity contribution in [2.45, 2.75) is 26.4 Å². The first-order valence-corrected chi connectivity index (χ1v) is 6.26. The van der Waals surface area contributed by atoms with Crippen molar-refractivity contribution in [1.29, 1.82) is 0 Å². The second-order valence-electron chi connectivity index (χ2n) is 3.65. The van der Waals surface area contributed by atoms with Gasteiger partial charge in [0, 0.05) is 18.3 Å². The van der Waals surface area contributed by atoms with E-state index in [0.717, 1.165) is 22.1 Å². The van der Waals surface area contributed by atoms with Gasteiger partial charge in [0.15, 0.2) is 0 Å². The fourth-order valence-electron chi connectivity index (χ4n) is 1.51. The second-order valence-corrected chi connectivity index (χ2v) is 4.81.